The molecule has 1 aromatic carbocycles. The Morgan fingerprint density at radius 2 is 2.27 bits per heavy atom. The van der Waals surface area contributed by atoms with E-state index in [-0.39, 0.29) is 10.8 Å². The SMILES string of the molecule is COC(=O)c1c[nH]c2cc(Cl)c(O)cc12. The maximum atomic E-state index is 11.3. The van der Waals surface area contributed by atoms with E-state index in [0.717, 1.165) is 0 Å². The van der Waals surface area contributed by atoms with Crippen molar-refractivity contribution in [2.24, 2.45) is 0 Å². The molecule has 0 bridgehead atoms. The number of carbonyl (C=O) groups is 1. The predicted molar refractivity (Wildman–Crippen MR) is 56.3 cm³/mol. The number of H-pyrrole nitrogens is 1. The van der Waals surface area contributed by atoms with Crippen LogP contribution in [0.15, 0.2) is 18.3 Å². The van der Waals surface area contributed by atoms with Crippen molar-refractivity contribution in [2.45, 2.75) is 0 Å². The van der Waals surface area contributed by atoms with Crippen molar-refractivity contribution in [3.8, 4) is 5.75 Å². The largest absolute Gasteiger partial charge is 0.506 e. The number of hydrogen-bond donors (Lipinski definition) is 2. The summed E-state index contributed by atoms with van der Waals surface area (Å²) < 4.78 is 4.60. The van der Waals surface area contributed by atoms with Crippen molar-refractivity contribution in [1.29, 1.82) is 0 Å². The number of carbonyl (C=O) groups excluding carboxylic acids is 1. The highest BCUT2D eigenvalue weighted by atomic mass is 35.5. The van der Waals surface area contributed by atoms with Gasteiger partial charge in [-0.05, 0) is 12.1 Å². The first kappa shape index (κ1) is 9.86. The van der Waals surface area contributed by atoms with Crippen LogP contribution >= 0.6 is 11.6 Å². The summed E-state index contributed by atoms with van der Waals surface area (Å²) in [4.78, 5) is 14.2. The van der Waals surface area contributed by atoms with Crippen LogP contribution in [0.3, 0.4) is 0 Å². The van der Waals surface area contributed by atoms with Gasteiger partial charge in [-0.25, -0.2) is 4.79 Å². The minimum atomic E-state index is -0.456. The van der Waals surface area contributed by atoms with Gasteiger partial charge in [-0.2, -0.15) is 0 Å². The minimum absolute atomic E-state index is 0.0612. The van der Waals surface area contributed by atoms with Crippen LogP contribution in [0.5, 0.6) is 5.75 Å². The lowest BCUT2D eigenvalue weighted by Gasteiger charge is -1.99. The molecular weight excluding hydrogens is 218 g/mol. The Bertz CT molecular complexity index is 533. The Labute approximate surface area is 90.4 Å². The Kier molecular flexibility index (Phi) is 2.28. The number of phenolic OH excluding ortho intramolecular Hbond substituents is 1. The first-order valence-corrected chi connectivity index (χ1v) is 4.59. The second-order valence-electron chi connectivity index (χ2n) is 3.04. The second kappa shape index (κ2) is 3.47. The number of nitrogens with one attached hydrogen (secondary N) is 1. The molecule has 0 aliphatic carbocycles. The number of aromatic hydroxyl groups is 1. The molecule has 0 atom stereocenters. The van der Waals surface area contributed by atoms with Crippen molar-refractivity contribution < 1.29 is 14.6 Å². The van der Waals surface area contributed by atoms with Gasteiger partial charge in [0.2, 0.25) is 0 Å². The van der Waals surface area contributed by atoms with Gasteiger partial charge in [-0.15, -0.1) is 0 Å². The molecule has 78 valence electrons. The number of halogens is 1. The lowest BCUT2D eigenvalue weighted by Crippen LogP contribution is -1.99. The summed E-state index contributed by atoms with van der Waals surface area (Å²) in [6, 6.07) is 2.99. The van der Waals surface area contributed by atoms with Gasteiger partial charge in [-0.1, -0.05) is 11.6 Å². The van der Waals surface area contributed by atoms with Gasteiger partial charge in [0, 0.05) is 17.1 Å². The lowest BCUT2D eigenvalue weighted by atomic mass is 10.1. The molecule has 2 rings (SSSR count). The Hall–Kier alpha value is -1.68. The number of benzene rings is 1. The van der Waals surface area contributed by atoms with Crippen molar-refractivity contribution in [3.63, 3.8) is 0 Å². The van der Waals surface area contributed by atoms with E-state index in [2.05, 4.69) is 9.72 Å². The van der Waals surface area contributed by atoms with E-state index in [4.69, 9.17) is 11.6 Å². The first-order chi connectivity index (χ1) is 7.13. The second-order valence-corrected chi connectivity index (χ2v) is 3.45. The summed E-state index contributed by atoms with van der Waals surface area (Å²) in [5.41, 5.74) is 1.05. The molecule has 0 saturated heterocycles. The molecule has 5 heteroatoms. The van der Waals surface area contributed by atoms with Crippen LogP contribution in [0.25, 0.3) is 10.9 Å². The number of aromatic amines is 1. The maximum absolute atomic E-state index is 11.3. The number of fused-ring (bicyclic) bond motifs is 1. The van der Waals surface area contributed by atoms with Crippen molar-refractivity contribution in [3.05, 3.63) is 28.9 Å². The molecular formula is C10H8ClNO3. The highest BCUT2D eigenvalue weighted by molar-refractivity contribution is 6.32. The zero-order chi connectivity index (χ0) is 11.0. The van der Waals surface area contributed by atoms with Gasteiger partial charge in [0.05, 0.1) is 17.7 Å². The Balaban J connectivity index is 2.69. The molecule has 0 aliphatic rings. The summed E-state index contributed by atoms with van der Waals surface area (Å²) in [7, 11) is 1.30. The summed E-state index contributed by atoms with van der Waals surface area (Å²) in [5, 5.41) is 10.2. The standard InChI is InChI=1S/C10H8ClNO3/c1-15-10(14)6-4-12-8-3-7(11)9(13)2-5(6)8/h2-4,12-13H,1H3. The van der Waals surface area contributed by atoms with Crippen molar-refractivity contribution >= 4 is 28.5 Å². The zero-order valence-electron chi connectivity index (χ0n) is 7.87. The highest BCUT2D eigenvalue weighted by Gasteiger charge is 2.13. The van der Waals surface area contributed by atoms with Gasteiger partial charge in [0.15, 0.2) is 0 Å². The molecule has 1 aromatic heterocycles. The molecule has 0 radical (unpaired) electrons. The van der Waals surface area contributed by atoms with Crippen LogP contribution < -0.4 is 0 Å². The number of aromatic nitrogens is 1. The van der Waals surface area contributed by atoms with E-state index in [0.29, 0.717) is 16.5 Å². The van der Waals surface area contributed by atoms with Gasteiger partial charge in [0.25, 0.3) is 0 Å². The average molecular weight is 226 g/mol. The van der Waals surface area contributed by atoms with Crippen molar-refractivity contribution in [1.82, 2.24) is 4.98 Å². The number of methoxy groups -OCH3 is 1. The van der Waals surface area contributed by atoms with E-state index >= 15 is 0 Å². The third kappa shape index (κ3) is 1.53. The number of rotatable bonds is 1. The quantitative estimate of drug-likeness (QED) is 0.732. The third-order valence-corrected chi connectivity index (χ3v) is 2.46. The van der Waals surface area contributed by atoms with Crippen LogP contribution in [0.2, 0.25) is 5.02 Å². The molecule has 2 aromatic rings. The summed E-state index contributed by atoms with van der Waals surface area (Å²) in [6.07, 6.45) is 1.52. The third-order valence-electron chi connectivity index (χ3n) is 2.15. The fraction of sp³-hybridized carbons (Fsp3) is 0.100. The predicted octanol–water partition coefficient (Wildman–Crippen LogP) is 2.31. The van der Waals surface area contributed by atoms with E-state index < -0.39 is 5.97 Å². The molecule has 0 saturated carbocycles. The summed E-state index contributed by atoms with van der Waals surface area (Å²) in [6.45, 7) is 0. The van der Waals surface area contributed by atoms with E-state index in [1.807, 2.05) is 0 Å². The van der Waals surface area contributed by atoms with E-state index in [9.17, 15) is 9.90 Å². The van der Waals surface area contributed by atoms with Crippen molar-refractivity contribution in [2.75, 3.05) is 7.11 Å². The molecule has 0 fully saturated rings. The molecule has 1 heterocycles. The molecule has 0 spiro atoms. The Morgan fingerprint density at radius 3 is 2.93 bits per heavy atom. The first-order valence-electron chi connectivity index (χ1n) is 4.21. The molecule has 0 aliphatic heterocycles. The van der Waals surface area contributed by atoms with E-state index in [1.54, 1.807) is 6.07 Å². The molecule has 2 N–H and O–H groups in total. The van der Waals surface area contributed by atoms with Gasteiger partial charge < -0.3 is 14.8 Å². The Morgan fingerprint density at radius 1 is 1.53 bits per heavy atom. The fourth-order valence-electron chi connectivity index (χ4n) is 1.41. The van der Waals surface area contributed by atoms with Crippen LogP contribution in [-0.4, -0.2) is 23.2 Å². The average Bonchev–Trinajstić information content (AvgIpc) is 2.61. The van der Waals surface area contributed by atoms with Gasteiger partial charge in [-0.3, -0.25) is 0 Å². The highest BCUT2D eigenvalue weighted by Crippen LogP contribution is 2.30. The maximum Gasteiger partial charge on any atom is 0.340 e. The monoisotopic (exact) mass is 225 g/mol. The van der Waals surface area contributed by atoms with E-state index in [1.165, 1.54) is 19.4 Å². The summed E-state index contributed by atoms with van der Waals surface area (Å²) >= 11 is 5.72. The number of ether oxygens (including phenoxy) is 1. The van der Waals surface area contributed by atoms with Crippen LogP contribution in [0.1, 0.15) is 10.4 Å². The molecule has 15 heavy (non-hydrogen) atoms. The smallest absolute Gasteiger partial charge is 0.340 e. The van der Waals surface area contributed by atoms with Gasteiger partial charge in [0.1, 0.15) is 5.75 Å². The lowest BCUT2D eigenvalue weighted by molar-refractivity contribution is 0.0603. The van der Waals surface area contributed by atoms with Crippen LogP contribution in [-0.2, 0) is 4.74 Å². The number of esters is 1. The molecule has 0 amide bonds. The van der Waals surface area contributed by atoms with Crippen LogP contribution in [0, 0.1) is 0 Å². The molecule has 4 nitrogen and oxygen atoms in total. The summed E-state index contributed by atoms with van der Waals surface area (Å²) in [5.74, 6) is -0.517. The zero-order valence-corrected chi connectivity index (χ0v) is 8.63. The number of phenols is 1. The molecule has 0 unspecified atom stereocenters. The van der Waals surface area contributed by atoms with Gasteiger partial charge >= 0.3 is 5.97 Å². The topological polar surface area (TPSA) is 62.3 Å². The number of hydrogen-bond acceptors (Lipinski definition) is 3. The fourth-order valence-corrected chi connectivity index (χ4v) is 1.57. The normalized spacial score (nSPS) is 10.5. The minimum Gasteiger partial charge on any atom is -0.506 e. The van der Waals surface area contributed by atoms with Crippen LogP contribution in [0.4, 0.5) is 0 Å².